The molecular weight excluding hydrogens is 280 g/mol. The Morgan fingerprint density at radius 1 is 1.32 bits per heavy atom. The summed E-state index contributed by atoms with van der Waals surface area (Å²) in [6, 6.07) is 5.68. The Balaban J connectivity index is 2.02. The second kappa shape index (κ2) is 7.49. The van der Waals surface area contributed by atoms with Gasteiger partial charge < -0.3 is 19.7 Å². The van der Waals surface area contributed by atoms with Crippen LogP contribution in [-0.4, -0.2) is 45.2 Å². The van der Waals surface area contributed by atoms with Crippen LogP contribution in [0.3, 0.4) is 0 Å². The Kier molecular flexibility index (Phi) is 5.66. The Hall–Kier alpha value is -1.75. The molecule has 122 valence electrons. The van der Waals surface area contributed by atoms with Crippen LogP contribution in [0.1, 0.15) is 31.4 Å². The predicted molar refractivity (Wildman–Crippen MR) is 86.3 cm³/mol. The second-order valence-corrected chi connectivity index (χ2v) is 5.95. The van der Waals surface area contributed by atoms with Gasteiger partial charge in [0.1, 0.15) is 0 Å². The molecule has 1 N–H and O–H groups in total. The second-order valence-electron chi connectivity index (χ2n) is 5.95. The summed E-state index contributed by atoms with van der Waals surface area (Å²) < 4.78 is 10.6. The Morgan fingerprint density at radius 2 is 2.05 bits per heavy atom. The number of nitrogens with zero attached hydrogens (tertiary/aromatic N) is 1. The number of likely N-dealkylation sites (tertiary alicyclic amines) is 1. The zero-order chi connectivity index (χ0) is 16.1. The van der Waals surface area contributed by atoms with Gasteiger partial charge in [-0.05, 0) is 51.1 Å². The number of methoxy groups -OCH3 is 2. The summed E-state index contributed by atoms with van der Waals surface area (Å²) >= 11 is 0. The highest BCUT2D eigenvalue weighted by atomic mass is 16.5. The molecule has 0 radical (unpaired) electrons. The maximum Gasteiger partial charge on any atom is 0.224 e. The quantitative estimate of drug-likeness (QED) is 0.906. The van der Waals surface area contributed by atoms with Gasteiger partial charge in [0.15, 0.2) is 11.5 Å². The molecular formula is C17H26N2O3. The van der Waals surface area contributed by atoms with E-state index >= 15 is 0 Å². The Labute approximate surface area is 132 Å². The molecule has 5 nitrogen and oxygen atoms in total. The van der Waals surface area contributed by atoms with Crippen molar-refractivity contribution in [2.45, 2.75) is 25.8 Å². The molecule has 0 bridgehead atoms. The van der Waals surface area contributed by atoms with E-state index in [-0.39, 0.29) is 17.9 Å². The van der Waals surface area contributed by atoms with Crippen molar-refractivity contribution in [3.05, 3.63) is 23.8 Å². The van der Waals surface area contributed by atoms with E-state index in [1.54, 1.807) is 14.2 Å². The molecule has 1 saturated heterocycles. The fourth-order valence-corrected chi connectivity index (χ4v) is 2.92. The van der Waals surface area contributed by atoms with E-state index in [9.17, 15) is 4.79 Å². The van der Waals surface area contributed by atoms with E-state index in [1.165, 1.54) is 0 Å². The van der Waals surface area contributed by atoms with Crippen molar-refractivity contribution < 1.29 is 14.3 Å². The molecule has 2 atom stereocenters. The molecule has 0 unspecified atom stereocenters. The standard InChI is InChI=1S/C17H26N2O3/c1-12(13-7-8-15(21-3)16(10-13)22-4)18-17(20)14-6-5-9-19(2)11-14/h7-8,10,12,14H,5-6,9,11H2,1-4H3,(H,18,20)/t12-,14+/m0/s1. The lowest BCUT2D eigenvalue weighted by Gasteiger charge is -2.29. The first-order valence-electron chi connectivity index (χ1n) is 7.76. The van der Waals surface area contributed by atoms with Gasteiger partial charge in [-0.2, -0.15) is 0 Å². The summed E-state index contributed by atoms with van der Waals surface area (Å²) in [7, 11) is 5.29. The van der Waals surface area contributed by atoms with Crippen LogP contribution in [-0.2, 0) is 4.79 Å². The van der Waals surface area contributed by atoms with Gasteiger partial charge in [0, 0.05) is 6.54 Å². The van der Waals surface area contributed by atoms with Crippen LogP contribution < -0.4 is 14.8 Å². The number of hydrogen-bond acceptors (Lipinski definition) is 4. The van der Waals surface area contributed by atoms with E-state index in [1.807, 2.05) is 25.1 Å². The molecule has 22 heavy (non-hydrogen) atoms. The van der Waals surface area contributed by atoms with Crippen LogP contribution in [0.25, 0.3) is 0 Å². The number of benzene rings is 1. The number of rotatable bonds is 5. The maximum absolute atomic E-state index is 12.4. The Morgan fingerprint density at radius 3 is 2.68 bits per heavy atom. The zero-order valence-electron chi connectivity index (χ0n) is 13.9. The summed E-state index contributed by atoms with van der Waals surface area (Å²) in [6.07, 6.45) is 2.05. The third-order valence-corrected chi connectivity index (χ3v) is 4.26. The van der Waals surface area contributed by atoms with E-state index in [2.05, 4.69) is 17.3 Å². The van der Waals surface area contributed by atoms with Crippen LogP contribution in [0.5, 0.6) is 11.5 Å². The lowest BCUT2D eigenvalue weighted by Crippen LogP contribution is -2.42. The molecule has 1 fully saturated rings. The molecule has 0 spiro atoms. The smallest absolute Gasteiger partial charge is 0.224 e. The van der Waals surface area contributed by atoms with Crippen molar-refractivity contribution in [2.24, 2.45) is 5.92 Å². The summed E-state index contributed by atoms with van der Waals surface area (Å²) in [6.45, 7) is 3.91. The molecule has 1 aromatic rings. The highest BCUT2D eigenvalue weighted by Gasteiger charge is 2.25. The van der Waals surface area contributed by atoms with Gasteiger partial charge in [0.2, 0.25) is 5.91 Å². The highest BCUT2D eigenvalue weighted by molar-refractivity contribution is 5.79. The van der Waals surface area contributed by atoms with Gasteiger partial charge in [0.05, 0.1) is 26.2 Å². The molecule has 1 aromatic carbocycles. The van der Waals surface area contributed by atoms with Crippen LogP contribution in [0.4, 0.5) is 0 Å². The van der Waals surface area contributed by atoms with Gasteiger partial charge in [-0.3, -0.25) is 4.79 Å². The van der Waals surface area contributed by atoms with Crippen molar-refractivity contribution in [1.82, 2.24) is 10.2 Å². The highest BCUT2D eigenvalue weighted by Crippen LogP contribution is 2.30. The van der Waals surface area contributed by atoms with Crippen molar-refractivity contribution in [2.75, 3.05) is 34.4 Å². The van der Waals surface area contributed by atoms with Gasteiger partial charge in [-0.25, -0.2) is 0 Å². The van der Waals surface area contributed by atoms with Gasteiger partial charge in [-0.1, -0.05) is 6.07 Å². The third-order valence-electron chi connectivity index (χ3n) is 4.26. The minimum Gasteiger partial charge on any atom is -0.493 e. The molecule has 2 rings (SSSR count). The zero-order valence-corrected chi connectivity index (χ0v) is 13.9. The molecule has 0 saturated carbocycles. The number of ether oxygens (including phenoxy) is 2. The fourth-order valence-electron chi connectivity index (χ4n) is 2.92. The molecule has 1 aliphatic heterocycles. The van der Waals surface area contributed by atoms with Crippen molar-refractivity contribution in [3.8, 4) is 11.5 Å². The van der Waals surface area contributed by atoms with Gasteiger partial charge >= 0.3 is 0 Å². The van der Waals surface area contributed by atoms with E-state index in [0.29, 0.717) is 11.5 Å². The third kappa shape index (κ3) is 3.91. The number of piperidine rings is 1. The van der Waals surface area contributed by atoms with E-state index in [4.69, 9.17) is 9.47 Å². The number of hydrogen-bond donors (Lipinski definition) is 1. The summed E-state index contributed by atoms with van der Waals surface area (Å²) in [5, 5.41) is 3.11. The fraction of sp³-hybridized carbons (Fsp3) is 0.588. The van der Waals surface area contributed by atoms with E-state index in [0.717, 1.165) is 31.5 Å². The van der Waals surface area contributed by atoms with Crippen LogP contribution in [0, 0.1) is 5.92 Å². The van der Waals surface area contributed by atoms with Crippen molar-refractivity contribution in [1.29, 1.82) is 0 Å². The summed E-state index contributed by atoms with van der Waals surface area (Å²) in [5.74, 6) is 1.59. The minimum absolute atomic E-state index is 0.0560. The van der Waals surface area contributed by atoms with Crippen LogP contribution >= 0.6 is 0 Å². The normalized spacial score (nSPS) is 20.3. The molecule has 0 aliphatic carbocycles. The molecule has 1 amide bonds. The summed E-state index contributed by atoms with van der Waals surface area (Å²) in [4.78, 5) is 14.6. The predicted octanol–water partition coefficient (Wildman–Crippen LogP) is 2.22. The van der Waals surface area contributed by atoms with Crippen molar-refractivity contribution >= 4 is 5.91 Å². The first-order chi connectivity index (χ1) is 10.5. The SMILES string of the molecule is COc1ccc([C@H](C)NC(=O)[C@@H]2CCCN(C)C2)cc1OC. The number of carbonyl (C=O) groups is 1. The molecule has 0 aromatic heterocycles. The topological polar surface area (TPSA) is 50.8 Å². The first-order valence-corrected chi connectivity index (χ1v) is 7.76. The minimum atomic E-state index is -0.0560. The largest absolute Gasteiger partial charge is 0.493 e. The lowest BCUT2D eigenvalue weighted by molar-refractivity contribution is -0.127. The monoisotopic (exact) mass is 306 g/mol. The molecule has 1 heterocycles. The van der Waals surface area contributed by atoms with E-state index < -0.39 is 0 Å². The average Bonchev–Trinajstić information content (AvgIpc) is 2.54. The number of nitrogens with one attached hydrogen (secondary N) is 1. The Bertz CT molecular complexity index is 519. The van der Waals surface area contributed by atoms with Crippen LogP contribution in [0.15, 0.2) is 18.2 Å². The first kappa shape index (κ1) is 16.6. The lowest BCUT2D eigenvalue weighted by atomic mass is 9.97. The molecule has 5 heteroatoms. The van der Waals surface area contributed by atoms with Crippen molar-refractivity contribution in [3.63, 3.8) is 0 Å². The van der Waals surface area contributed by atoms with Gasteiger partial charge in [-0.15, -0.1) is 0 Å². The molecule has 1 aliphatic rings. The number of carbonyl (C=O) groups excluding carboxylic acids is 1. The van der Waals surface area contributed by atoms with Gasteiger partial charge in [0.25, 0.3) is 0 Å². The summed E-state index contributed by atoms with van der Waals surface area (Å²) in [5.41, 5.74) is 1.01. The van der Waals surface area contributed by atoms with Crippen LogP contribution in [0.2, 0.25) is 0 Å². The average molecular weight is 306 g/mol. The maximum atomic E-state index is 12.4. The number of amides is 1.